The Bertz CT molecular complexity index is 2800. The normalized spacial score (nSPS) is 11.6. The molecule has 50 heavy (non-hydrogen) atoms. The van der Waals surface area contributed by atoms with Crippen molar-refractivity contribution in [1.82, 2.24) is 14.5 Å². The molecule has 0 saturated carbocycles. The summed E-state index contributed by atoms with van der Waals surface area (Å²) in [6.45, 7) is 0. The first-order valence-corrected chi connectivity index (χ1v) is 17.6. The predicted octanol–water partition coefficient (Wildman–Crippen LogP) is 12.6. The molecule has 0 N–H and O–H groups in total. The lowest BCUT2D eigenvalue weighted by Gasteiger charge is -2.11. The van der Waals surface area contributed by atoms with Crippen molar-refractivity contribution in [3.05, 3.63) is 176 Å². The van der Waals surface area contributed by atoms with Gasteiger partial charge in [0, 0.05) is 53.3 Å². The molecule has 0 aliphatic heterocycles. The Morgan fingerprint density at radius 2 is 1.04 bits per heavy atom. The van der Waals surface area contributed by atoms with E-state index in [-0.39, 0.29) is 0 Å². The van der Waals surface area contributed by atoms with Crippen molar-refractivity contribution >= 4 is 53.3 Å². The zero-order valence-corrected chi connectivity index (χ0v) is 27.8. The summed E-state index contributed by atoms with van der Waals surface area (Å²) in [6.07, 6.45) is 0. The monoisotopic (exact) mass is 655 g/mol. The molecule has 0 saturated heterocycles. The first-order valence-electron chi connectivity index (χ1n) is 16.8. The molecule has 0 fully saturated rings. The van der Waals surface area contributed by atoms with Gasteiger partial charge in [-0.05, 0) is 65.7 Å². The average molecular weight is 656 g/mol. The molecule has 0 aliphatic rings. The van der Waals surface area contributed by atoms with Crippen LogP contribution in [0.15, 0.2) is 176 Å². The summed E-state index contributed by atoms with van der Waals surface area (Å²) in [4.78, 5) is 10.2. The lowest BCUT2D eigenvalue weighted by molar-refractivity contribution is 1.18. The van der Waals surface area contributed by atoms with E-state index in [1.807, 2.05) is 35.6 Å². The lowest BCUT2D eigenvalue weighted by Crippen LogP contribution is -1.96. The van der Waals surface area contributed by atoms with Crippen LogP contribution in [0.4, 0.5) is 0 Å². The molecule has 0 radical (unpaired) electrons. The van der Waals surface area contributed by atoms with Gasteiger partial charge in [0.15, 0.2) is 5.82 Å². The highest BCUT2D eigenvalue weighted by Gasteiger charge is 2.17. The van der Waals surface area contributed by atoms with Gasteiger partial charge in [-0.1, -0.05) is 121 Å². The molecule has 0 unspecified atom stereocenters. The Morgan fingerprint density at radius 3 is 1.84 bits per heavy atom. The highest BCUT2D eigenvalue weighted by Crippen LogP contribution is 2.43. The zero-order chi connectivity index (χ0) is 33.0. The maximum Gasteiger partial charge on any atom is 0.160 e. The molecule has 3 heterocycles. The van der Waals surface area contributed by atoms with Crippen LogP contribution in [-0.4, -0.2) is 14.5 Å². The Balaban J connectivity index is 1.16. The van der Waals surface area contributed by atoms with Crippen molar-refractivity contribution in [1.29, 1.82) is 0 Å². The minimum Gasteiger partial charge on any atom is -0.309 e. The third kappa shape index (κ3) is 4.73. The summed E-state index contributed by atoms with van der Waals surface area (Å²) in [5.74, 6) is 0.724. The topological polar surface area (TPSA) is 30.7 Å². The summed E-state index contributed by atoms with van der Waals surface area (Å²) in [7, 11) is 0. The molecule has 10 aromatic rings. The fourth-order valence-corrected chi connectivity index (χ4v) is 8.40. The summed E-state index contributed by atoms with van der Waals surface area (Å²) in [5.41, 5.74) is 11.0. The first-order chi connectivity index (χ1) is 24.8. The van der Waals surface area contributed by atoms with Crippen LogP contribution in [0.25, 0.3) is 92.7 Å². The van der Waals surface area contributed by atoms with Gasteiger partial charge in [-0.15, -0.1) is 11.3 Å². The van der Waals surface area contributed by atoms with E-state index in [0.29, 0.717) is 0 Å². The highest BCUT2D eigenvalue weighted by molar-refractivity contribution is 7.26. The van der Waals surface area contributed by atoms with Gasteiger partial charge in [0.2, 0.25) is 0 Å². The number of hydrogen-bond acceptors (Lipinski definition) is 3. The quantitative estimate of drug-likeness (QED) is 0.185. The van der Waals surface area contributed by atoms with E-state index < -0.39 is 0 Å². The second-order valence-corrected chi connectivity index (χ2v) is 13.7. The second kappa shape index (κ2) is 11.7. The van der Waals surface area contributed by atoms with Crippen LogP contribution in [0.5, 0.6) is 0 Å². The molecule has 10 rings (SSSR count). The van der Waals surface area contributed by atoms with Crippen LogP contribution in [0, 0.1) is 0 Å². The van der Waals surface area contributed by atoms with Crippen molar-refractivity contribution in [2.24, 2.45) is 0 Å². The van der Waals surface area contributed by atoms with E-state index in [1.54, 1.807) is 0 Å². The predicted molar refractivity (Wildman–Crippen MR) is 211 cm³/mol. The molecular weight excluding hydrogens is 627 g/mol. The van der Waals surface area contributed by atoms with Crippen molar-refractivity contribution in [3.63, 3.8) is 0 Å². The van der Waals surface area contributed by atoms with E-state index in [0.717, 1.165) is 33.9 Å². The van der Waals surface area contributed by atoms with Gasteiger partial charge in [-0.3, -0.25) is 0 Å². The van der Waals surface area contributed by atoms with Crippen LogP contribution < -0.4 is 0 Å². The van der Waals surface area contributed by atoms with Crippen molar-refractivity contribution in [2.75, 3.05) is 0 Å². The highest BCUT2D eigenvalue weighted by atomic mass is 32.1. The molecule has 0 spiro atoms. The molecular formula is C46H29N3S. The van der Waals surface area contributed by atoms with Gasteiger partial charge in [-0.2, -0.15) is 0 Å². The Labute approximate surface area is 293 Å². The summed E-state index contributed by atoms with van der Waals surface area (Å²) < 4.78 is 4.88. The number of benzene rings is 7. The van der Waals surface area contributed by atoms with Crippen LogP contribution in [0.2, 0.25) is 0 Å². The molecule has 4 heteroatoms. The van der Waals surface area contributed by atoms with Crippen LogP contribution in [-0.2, 0) is 0 Å². The summed E-state index contributed by atoms with van der Waals surface area (Å²) in [6, 6.07) is 62.5. The summed E-state index contributed by atoms with van der Waals surface area (Å²) >= 11 is 1.83. The largest absolute Gasteiger partial charge is 0.309 e. The van der Waals surface area contributed by atoms with Crippen molar-refractivity contribution in [3.8, 4) is 50.7 Å². The average Bonchev–Trinajstić information content (AvgIpc) is 3.74. The maximum atomic E-state index is 5.20. The van der Waals surface area contributed by atoms with Gasteiger partial charge in [0.1, 0.15) is 0 Å². The standard InChI is InChI=1S/C46H29N3S/c1-4-13-30(14-5-1)39-29-40(48-46(47-39)31-15-6-2-7-16-31)36-20-12-22-44-45(36)38-28-33(24-26-43(38)50-44)32-23-25-42-37(27-32)35-19-10-11-21-41(35)49(42)34-17-8-3-9-18-34/h1-29H. The van der Waals surface area contributed by atoms with E-state index in [2.05, 4.69) is 156 Å². The number of fused-ring (bicyclic) bond motifs is 6. The Morgan fingerprint density at radius 1 is 0.400 bits per heavy atom. The molecule has 0 aliphatic carbocycles. The number of para-hydroxylation sites is 2. The third-order valence-electron chi connectivity index (χ3n) is 9.62. The molecule has 0 atom stereocenters. The fraction of sp³-hybridized carbons (Fsp3) is 0. The zero-order valence-electron chi connectivity index (χ0n) is 27.0. The minimum absolute atomic E-state index is 0.724. The number of thiophene rings is 1. The molecule has 7 aromatic carbocycles. The molecule has 3 nitrogen and oxygen atoms in total. The van der Waals surface area contributed by atoms with E-state index >= 15 is 0 Å². The molecule has 3 aromatic heterocycles. The van der Waals surface area contributed by atoms with E-state index in [9.17, 15) is 0 Å². The first kappa shape index (κ1) is 28.6. The van der Waals surface area contributed by atoms with Gasteiger partial charge < -0.3 is 4.57 Å². The lowest BCUT2D eigenvalue weighted by atomic mass is 9.98. The van der Waals surface area contributed by atoms with Crippen LogP contribution in [0.3, 0.4) is 0 Å². The maximum absolute atomic E-state index is 5.20. The Hall–Kier alpha value is -6.36. The van der Waals surface area contributed by atoms with Gasteiger partial charge in [0.05, 0.1) is 22.4 Å². The number of hydrogen-bond donors (Lipinski definition) is 0. The molecule has 0 amide bonds. The summed E-state index contributed by atoms with van der Waals surface area (Å²) in [5, 5.41) is 4.98. The van der Waals surface area contributed by atoms with E-state index in [1.165, 1.54) is 58.8 Å². The second-order valence-electron chi connectivity index (χ2n) is 12.6. The van der Waals surface area contributed by atoms with E-state index in [4.69, 9.17) is 9.97 Å². The van der Waals surface area contributed by atoms with Crippen molar-refractivity contribution < 1.29 is 0 Å². The number of rotatable bonds is 5. The van der Waals surface area contributed by atoms with Crippen LogP contribution >= 0.6 is 11.3 Å². The minimum atomic E-state index is 0.724. The van der Waals surface area contributed by atoms with Gasteiger partial charge in [-0.25, -0.2) is 9.97 Å². The molecule has 0 bridgehead atoms. The number of nitrogens with zero attached hydrogens (tertiary/aromatic N) is 3. The molecule has 234 valence electrons. The Kier molecular flexibility index (Phi) is 6.68. The van der Waals surface area contributed by atoms with Crippen molar-refractivity contribution in [2.45, 2.75) is 0 Å². The fourth-order valence-electron chi connectivity index (χ4n) is 7.29. The number of aromatic nitrogens is 3. The van der Waals surface area contributed by atoms with Gasteiger partial charge >= 0.3 is 0 Å². The third-order valence-corrected chi connectivity index (χ3v) is 10.8. The van der Waals surface area contributed by atoms with Gasteiger partial charge in [0.25, 0.3) is 0 Å². The SMILES string of the molecule is c1ccc(-c2cc(-c3cccc4sc5ccc(-c6ccc7c(c6)c6ccccc6n7-c6ccccc6)cc5c34)nc(-c3ccccc3)n2)cc1. The smallest absolute Gasteiger partial charge is 0.160 e. The van der Waals surface area contributed by atoms with Crippen LogP contribution in [0.1, 0.15) is 0 Å².